The van der Waals surface area contributed by atoms with Crippen molar-refractivity contribution in [3.8, 4) is 0 Å². The molecule has 30 heavy (non-hydrogen) atoms. The lowest BCUT2D eigenvalue weighted by Gasteiger charge is -2.28. The Bertz CT molecular complexity index is 791. The molecule has 0 amide bonds. The number of aliphatic hydroxyl groups excluding tert-OH is 1. The van der Waals surface area contributed by atoms with Gasteiger partial charge in [0, 0.05) is 17.2 Å². The Labute approximate surface area is 183 Å². The van der Waals surface area contributed by atoms with Gasteiger partial charge in [0.2, 0.25) is 0 Å². The van der Waals surface area contributed by atoms with Crippen molar-refractivity contribution in [1.29, 1.82) is 0 Å². The highest BCUT2D eigenvalue weighted by atomic mass is 32.1. The van der Waals surface area contributed by atoms with Crippen molar-refractivity contribution < 1.29 is 19.8 Å². The second-order valence-corrected chi connectivity index (χ2v) is 9.89. The molecule has 0 aliphatic heterocycles. The summed E-state index contributed by atoms with van der Waals surface area (Å²) in [5, 5.41) is 19.6. The summed E-state index contributed by atoms with van der Waals surface area (Å²) in [5.74, 6) is 0.295. The fourth-order valence-corrected chi connectivity index (χ4v) is 5.84. The van der Waals surface area contributed by atoms with Crippen molar-refractivity contribution in [3.05, 3.63) is 45.7 Å². The fourth-order valence-electron chi connectivity index (χ4n) is 4.95. The first kappa shape index (κ1) is 23.0. The maximum Gasteiger partial charge on any atom is 0.345 e. The molecule has 1 saturated carbocycles. The predicted octanol–water partition coefficient (Wildman–Crippen LogP) is 5.81. The zero-order chi connectivity index (χ0) is 21.5. The highest BCUT2D eigenvalue weighted by molar-refractivity contribution is 7.13. The Morgan fingerprint density at radius 3 is 2.83 bits per heavy atom. The molecule has 4 nitrogen and oxygen atoms in total. The number of hydrogen-bond acceptors (Lipinski definition) is 4. The summed E-state index contributed by atoms with van der Waals surface area (Å²) in [4.78, 5) is 25.1. The van der Waals surface area contributed by atoms with Gasteiger partial charge in [-0.25, -0.2) is 4.79 Å². The Kier molecular flexibility index (Phi) is 8.46. The minimum Gasteiger partial charge on any atom is -0.477 e. The molecule has 1 aromatic rings. The molecule has 5 heteroatoms. The van der Waals surface area contributed by atoms with E-state index in [0.29, 0.717) is 28.9 Å². The topological polar surface area (TPSA) is 74.6 Å². The first-order valence-corrected chi connectivity index (χ1v) is 12.2. The number of hydrogen-bond donors (Lipinski definition) is 2. The van der Waals surface area contributed by atoms with Gasteiger partial charge in [0.15, 0.2) is 0 Å². The molecule has 1 heterocycles. The van der Waals surface area contributed by atoms with Crippen LogP contribution in [0.5, 0.6) is 0 Å². The van der Waals surface area contributed by atoms with Gasteiger partial charge in [-0.05, 0) is 68.1 Å². The van der Waals surface area contributed by atoms with E-state index in [9.17, 15) is 14.7 Å². The average Bonchev–Trinajstić information content (AvgIpc) is 3.36. The van der Waals surface area contributed by atoms with Crippen molar-refractivity contribution in [2.24, 2.45) is 17.8 Å². The minimum atomic E-state index is -0.873. The van der Waals surface area contributed by atoms with Gasteiger partial charge in [0.1, 0.15) is 10.7 Å². The number of rotatable bonds is 11. The van der Waals surface area contributed by atoms with Gasteiger partial charge < -0.3 is 10.2 Å². The van der Waals surface area contributed by atoms with Gasteiger partial charge in [0.25, 0.3) is 0 Å². The maximum atomic E-state index is 12.6. The molecule has 3 rings (SSSR count). The van der Waals surface area contributed by atoms with Crippen LogP contribution in [-0.4, -0.2) is 28.1 Å². The van der Waals surface area contributed by atoms with Gasteiger partial charge >= 0.3 is 5.97 Å². The molecule has 2 aliphatic carbocycles. The summed E-state index contributed by atoms with van der Waals surface area (Å²) in [5.41, 5.74) is 1.03. The van der Waals surface area contributed by atoms with E-state index < -0.39 is 12.1 Å². The third-order valence-electron chi connectivity index (χ3n) is 6.61. The maximum absolute atomic E-state index is 12.6. The molecule has 0 spiro atoms. The predicted molar refractivity (Wildman–Crippen MR) is 121 cm³/mol. The summed E-state index contributed by atoms with van der Waals surface area (Å²) in [6.45, 7) is 2.17. The van der Waals surface area contributed by atoms with Crippen molar-refractivity contribution in [3.63, 3.8) is 0 Å². The van der Waals surface area contributed by atoms with E-state index in [4.69, 9.17) is 5.11 Å². The number of thiophene rings is 1. The van der Waals surface area contributed by atoms with Crippen molar-refractivity contribution in [2.45, 2.75) is 77.2 Å². The van der Waals surface area contributed by atoms with E-state index in [1.54, 1.807) is 6.07 Å². The monoisotopic (exact) mass is 430 g/mol. The Morgan fingerprint density at radius 2 is 2.10 bits per heavy atom. The molecule has 0 saturated heterocycles. The van der Waals surface area contributed by atoms with Crippen LogP contribution in [0.15, 0.2) is 35.9 Å². The Balaban J connectivity index is 1.56. The number of carboxylic acids is 1. The Hall–Kier alpha value is -1.72. The average molecular weight is 431 g/mol. The first-order valence-electron chi connectivity index (χ1n) is 11.4. The smallest absolute Gasteiger partial charge is 0.345 e. The third kappa shape index (κ3) is 5.92. The molecule has 2 N–H and O–H groups in total. The lowest BCUT2D eigenvalue weighted by Crippen LogP contribution is -2.24. The van der Waals surface area contributed by atoms with Crippen molar-refractivity contribution >= 4 is 23.1 Å². The van der Waals surface area contributed by atoms with Gasteiger partial charge in [-0.15, -0.1) is 11.3 Å². The molecule has 1 aromatic heterocycles. The largest absolute Gasteiger partial charge is 0.477 e. The van der Waals surface area contributed by atoms with Crippen LogP contribution < -0.4 is 0 Å². The first-order chi connectivity index (χ1) is 14.5. The minimum absolute atomic E-state index is 0.0927. The van der Waals surface area contributed by atoms with E-state index in [1.165, 1.54) is 11.3 Å². The SMILES string of the molecule is CCCCCC(O)C1=CC(C2CCC(=O)[C@@H]2CCCc2ccc(C(=O)O)s2)CC=C1. The van der Waals surface area contributed by atoms with Crippen LogP contribution in [0.4, 0.5) is 0 Å². The fraction of sp³-hybridized carbons (Fsp3) is 0.600. The van der Waals surface area contributed by atoms with Crippen molar-refractivity contribution in [1.82, 2.24) is 0 Å². The molecule has 0 radical (unpaired) electrons. The number of aliphatic hydroxyl groups is 1. The molecule has 2 aliphatic rings. The molecule has 1 fully saturated rings. The van der Waals surface area contributed by atoms with Crippen LogP contribution in [-0.2, 0) is 11.2 Å². The number of aryl methyl sites for hydroxylation is 1. The third-order valence-corrected chi connectivity index (χ3v) is 7.74. The molecule has 4 atom stereocenters. The lowest BCUT2D eigenvalue weighted by atomic mass is 9.76. The summed E-state index contributed by atoms with van der Waals surface area (Å²) in [7, 11) is 0. The quantitative estimate of drug-likeness (QED) is 0.435. The number of Topliss-reactive ketones (excluding diaryl/α,β-unsaturated/α-hetero) is 1. The number of allylic oxidation sites excluding steroid dienone is 2. The van der Waals surface area contributed by atoms with Crippen LogP contribution in [0.1, 0.15) is 79.3 Å². The molecule has 164 valence electrons. The number of aromatic carboxylic acids is 1. The van der Waals surface area contributed by atoms with Crippen LogP contribution in [0.3, 0.4) is 0 Å². The van der Waals surface area contributed by atoms with Crippen LogP contribution >= 0.6 is 11.3 Å². The van der Waals surface area contributed by atoms with E-state index in [2.05, 4.69) is 25.2 Å². The number of ketones is 1. The standard InChI is InChI=1S/C25H34O4S/c1-2-3-4-11-22(26)18-8-5-7-17(16-18)20-13-14-23(27)21(20)10-6-9-19-12-15-24(30-19)25(28)29/h5,8,12,15-17,20-22,26H,2-4,6-7,9-11,13-14H2,1H3,(H,28,29)/t17?,20?,21-,22?/m1/s1. The zero-order valence-corrected chi connectivity index (χ0v) is 18.7. The number of carbonyl (C=O) groups excluding carboxylic acids is 1. The summed E-state index contributed by atoms with van der Waals surface area (Å²) < 4.78 is 0. The van der Waals surface area contributed by atoms with Crippen LogP contribution in [0, 0.1) is 17.8 Å². The summed E-state index contributed by atoms with van der Waals surface area (Å²) in [6, 6.07) is 3.56. The van der Waals surface area contributed by atoms with Crippen molar-refractivity contribution in [2.75, 3.05) is 0 Å². The van der Waals surface area contributed by atoms with E-state index in [-0.39, 0.29) is 5.92 Å². The second kappa shape index (κ2) is 11.1. The number of carbonyl (C=O) groups is 2. The van der Waals surface area contributed by atoms with Gasteiger partial charge in [-0.2, -0.15) is 0 Å². The highest BCUT2D eigenvalue weighted by Gasteiger charge is 2.38. The summed E-state index contributed by atoms with van der Waals surface area (Å²) in [6.07, 6.45) is 15.4. The summed E-state index contributed by atoms with van der Waals surface area (Å²) >= 11 is 1.33. The van der Waals surface area contributed by atoms with Crippen LogP contribution in [0.25, 0.3) is 0 Å². The van der Waals surface area contributed by atoms with Gasteiger partial charge in [0.05, 0.1) is 6.10 Å². The van der Waals surface area contributed by atoms with E-state index >= 15 is 0 Å². The molecule has 0 bridgehead atoms. The molecular formula is C25H34O4S. The molecule has 3 unspecified atom stereocenters. The number of unbranched alkanes of at least 4 members (excludes halogenated alkanes) is 2. The lowest BCUT2D eigenvalue weighted by molar-refractivity contribution is -0.121. The number of carboxylic acid groups (broad SMARTS) is 1. The highest BCUT2D eigenvalue weighted by Crippen LogP contribution is 2.41. The second-order valence-electron chi connectivity index (χ2n) is 8.72. The van der Waals surface area contributed by atoms with Crippen LogP contribution in [0.2, 0.25) is 0 Å². The molecular weight excluding hydrogens is 396 g/mol. The van der Waals surface area contributed by atoms with Gasteiger partial charge in [-0.1, -0.05) is 44.4 Å². The van der Waals surface area contributed by atoms with E-state index in [0.717, 1.165) is 68.2 Å². The normalized spacial score (nSPS) is 24.8. The zero-order valence-electron chi connectivity index (χ0n) is 17.9. The Morgan fingerprint density at radius 1 is 1.27 bits per heavy atom. The molecule has 0 aromatic carbocycles. The van der Waals surface area contributed by atoms with E-state index in [1.807, 2.05) is 6.07 Å². The van der Waals surface area contributed by atoms with Gasteiger partial charge in [-0.3, -0.25) is 4.79 Å².